The van der Waals surface area contributed by atoms with Crippen LogP contribution in [0.25, 0.3) is 11.3 Å². The van der Waals surface area contributed by atoms with E-state index in [0.29, 0.717) is 30.3 Å². The zero-order valence-corrected chi connectivity index (χ0v) is 19.2. The third-order valence-corrected chi connectivity index (χ3v) is 8.85. The molecular formula is C23H23N3O4S2. The summed E-state index contributed by atoms with van der Waals surface area (Å²) in [7, 11) is -2.14. The summed E-state index contributed by atoms with van der Waals surface area (Å²) in [6.45, 7) is 0.564. The van der Waals surface area contributed by atoms with Gasteiger partial charge in [0.25, 0.3) is 0 Å². The first kappa shape index (κ1) is 21.1. The highest BCUT2D eigenvalue weighted by Gasteiger charge is 2.34. The maximum atomic E-state index is 13.1. The highest BCUT2D eigenvalue weighted by molar-refractivity contribution is 7.89. The monoisotopic (exact) mass is 469 g/mol. The molecule has 1 saturated heterocycles. The van der Waals surface area contributed by atoms with Crippen molar-refractivity contribution in [1.29, 1.82) is 0 Å². The van der Waals surface area contributed by atoms with E-state index in [4.69, 9.17) is 4.74 Å². The molecule has 0 saturated carbocycles. The predicted molar refractivity (Wildman–Crippen MR) is 123 cm³/mol. The number of carbonyl (C=O) groups is 1. The Morgan fingerprint density at radius 2 is 1.97 bits per heavy atom. The molecule has 0 bridgehead atoms. The molecule has 1 amide bonds. The molecule has 1 aliphatic heterocycles. The molecule has 1 fully saturated rings. The van der Waals surface area contributed by atoms with Gasteiger partial charge in [-0.15, -0.1) is 11.3 Å². The fourth-order valence-corrected chi connectivity index (χ4v) is 6.82. The van der Waals surface area contributed by atoms with Crippen LogP contribution in [0.5, 0.6) is 5.75 Å². The lowest BCUT2D eigenvalue weighted by atomic mass is 9.99. The lowest BCUT2D eigenvalue weighted by molar-refractivity contribution is -0.120. The second-order valence-corrected chi connectivity index (χ2v) is 11.0. The van der Waals surface area contributed by atoms with Gasteiger partial charge in [0.05, 0.1) is 23.6 Å². The number of hydrogen-bond donors (Lipinski definition) is 1. The Morgan fingerprint density at radius 1 is 1.19 bits per heavy atom. The Bertz CT molecular complexity index is 1270. The van der Waals surface area contributed by atoms with Crippen molar-refractivity contribution < 1.29 is 17.9 Å². The molecule has 2 heterocycles. The van der Waals surface area contributed by atoms with Gasteiger partial charge in [-0.3, -0.25) is 4.79 Å². The second kappa shape index (κ2) is 8.31. The van der Waals surface area contributed by atoms with Crippen molar-refractivity contribution in [3.63, 3.8) is 0 Å². The number of nitrogens with zero attached hydrogens (tertiary/aromatic N) is 2. The van der Waals surface area contributed by atoms with Gasteiger partial charge in [-0.2, -0.15) is 4.31 Å². The normalized spacial score (nSPS) is 18.1. The van der Waals surface area contributed by atoms with Gasteiger partial charge >= 0.3 is 0 Å². The van der Waals surface area contributed by atoms with E-state index in [2.05, 4.69) is 22.4 Å². The molecule has 1 aromatic heterocycles. The van der Waals surface area contributed by atoms with Crippen molar-refractivity contribution in [2.24, 2.45) is 5.92 Å². The molecule has 1 N–H and O–H groups in total. The number of benzene rings is 2. The standard InChI is InChI=1S/C23H23N3O4S2/c1-30-17-8-10-18(11-9-17)32(28,29)26-12-4-6-16(14-26)22(27)25-23-24-21-19-7-3-2-5-15(19)13-20(21)31-23/h2-3,5,7-11,16H,4,6,12-14H2,1H3,(H,24,25,27). The number of sulfonamides is 1. The number of amides is 1. The number of ether oxygens (including phenoxy) is 1. The summed E-state index contributed by atoms with van der Waals surface area (Å²) in [6, 6.07) is 14.5. The van der Waals surface area contributed by atoms with E-state index < -0.39 is 15.9 Å². The molecule has 0 spiro atoms. The first-order chi connectivity index (χ1) is 15.5. The van der Waals surface area contributed by atoms with E-state index in [9.17, 15) is 13.2 Å². The van der Waals surface area contributed by atoms with Gasteiger partial charge in [-0.1, -0.05) is 24.3 Å². The van der Waals surface area contributed by atoms with E-state index in [-0.39, 0.29) is 17.3 Å². The maximum absolute atomic E-state index is 13.1. The topological polar surface area (TPSA) is 88.6 Å². The highest BCUT2D eigenvalue weighted by Crippen LogP contribution is 2.41. The van der Waals surface area contributed by atoms with Crippen LogP contribution in [0.2, 0.25) is 0 Å². The Balaban J connectivity index is 1.28. The van der Waals surface area contributed by atoms with E-state index in [1.54, 1.807) is 12.1 Å². The van der Waals surface area contributed by atoms with Crippen molar-refractivity contribution in [3.8, 4) is 17.0 Å². The molecule has 1 atom stereocenters. The molecule has 32 heavy (non-hydrogen) atoms. The van der Waals surface area contributed by atoms with Gasteiger partial charge in [0, 0.05) is 30.0 Å². The van der Waals surface area contributed by atoms with Crippen LogP contribution in [0.1, 0.15) is 23.3 Å². The lowest BCUT2D eigenvalue weighted by Crippen LogP contribution is -2.43. The highest BCUT2D eigenvalue weighted by atomic mass is 32.2. The number of anilines is 1. The summed E-state index contributed by atoms with van der Waals surface area (Å²) in [5, 5.41) is 3.50. The SMILES string of the molecule is COc1ccc(S(=O)(=O)N2CCCC(C(=O)Nc3nc4c(s3)Cc3ccccc3-4)C2)cc1. The Labute approximate surface area is 191 Å². The number of methoxy groups -OCH3 is 1. The minimum Gasteiger partial charge on any atom is -0.497 e. The largest absolute Gasteiger partial charge is 0.497 e. The number of aromatic nitrogens is 1. The number of nitrogens with one attached hydrogen (secondary N) is 1. The average molecular weight is 470 g/mol. The van der Waals surface area contributed by atoms with Gasteiger partial charge in [0.15, 0.2) is 5.13 Å². The molecule has 9 heteroatoms. The minimum atomic E-state index is -3.67. The molecular weight excluding hydrogens is 446 g/mol. The quantitative estimate of drug-likeness (QED) is 0.481. The van der Waals surface area contributed by atoms with E-state index in [0.717, 1.165) is 22.6 Å². The first-order valence-electron chi connectivity index (χ1n) is 10.5. The molecule has 1 unspecified atom stereocenters. The van der Waals surface area contributed by atoms with Gasteiger partial charge < -0.3 is 10.1 Å². The average Bonchev–Trinajstić information content (AvgIpc) is 3.36. The van der Waals surface area contributed by atoms with Crippen LogP contribution in [0, 0.1) is 5.92 Å². The first-order valence-corrected chi connectivity index (χ1v) is 12.7. The summed E-state index contributed by atoms with van der Waals surface area (Å²) < 4.78 is 32.6. The van der Waals surface area contributed by atoms with Crippen molar-refractivity contribution in [3.05, 3.63) is 59.0 Å². The fraction of sp³-hybridized carbons (Fsp3) is 0.304. The molecule has 5 rings (SSSR count). The number of carbonyl (C=O) groups excluding carboxylic acids is 1. The minimum absolute atomic E-state index is 0.161. The van der Waals surface area contributed by atoms with Crippen LogP contribution in [0.3, 0.4) is 0 Å². The van der Waals surface area contributed by atoms with Gasteiger partial charge in [0.1, 0.15) is 5.75 Å². The summed E-state index contributed by atoms with van der Waals surface area (Å²) in [4.78, 5) is 18.9. The van der Waals surface area contributed by atoms with E-state index in [1.807, 2.05) is 12.1 Å². The van der Waals surface area contributed by atoms with E-state index in [1.165, 1.54) is 40.4 Å². The third kappa shape index (κ3) is 3.80. The van der Waals surface area contributed by atoms with Crippen molar-refractivity contribution in [2.75, 3.05) is 25.5 Å². The second-order valence-electron chi connectivity index (χ2n) is 7.99. The molecule has 3 aromatic rings. The molecule has 2 aliphatic rings. The number of fused-ring (bicyclic) bond motifs is 3. The number of hydrogen-bond acceptors (Lipinski definition) is 6. The van der Waals surface area contributed by atoms with Crippen molar-refractivity contribution in [1.82, 2.24) is 9.29 Å². The van der Waals surface area contributed by atoms with Crippen LogP contribution in [0.4, 0.5) is 5.13 Å². The Hall–Kier alpha value is -2.75. The van der Waals surface area contributed by atoms with Crippen molar-refractivity contribution >= 4 is 32.4 Å². The zero-order chi connectivity index (χ0) is 22.3. The molecule has 166 valence electrons. The lowest BCUT2D eigenvalue weighted by Gasteiger charge is -2.31. The number of thiazole rings is 1. The van der Waals surface area contributed by atoms with Crippen LogP contribution in [0.15, 0.2) is 53.4 Å². The summed E-state index contributed by atoms with van der Waals surface area (Å²) in [5.74, 6) is 0.000886. The molecule has 7 nitrogen and oxygen atoms in total. The summed E-state index contributed by atoms with van der Waals surface area (Å²) in [5.41, 5.74) is 3.31. The summed E-state index contributed by atoms with van der Waals surface area (Å²) in [6.07, 6.45) is 2.11. The Morgan fingerprint density at radius 3 is 2.75 bits per heavy atom. The zero-order valence-electron chi connectivity index (χ0n) is 17.6. The summed E-state index contributed by atoms with van der Waals surface area (Å²) >= 11 is 1.49. The number of piperidine rings is 1. The van der Waals surface area contributed by atoms with E-state index >= 15 is 0 Å². The van der Waals surface area contributed by atoms with Crippen LogP contribution in [-0.2, 0) is 21.2 Å². The van der Waals surface area contributed by atoms with Gasteiger partial charge in [-0.25, -0.2) is 13.4 Å². The molecule has 1 aliphatic carbocycles. The molecule has 2 aromatic carbocycles. The van der Waals surface area contributed by atoms with Gasteiger partial charge in [0.2, 0.25) is 15.9 Å². The van der Waals surface area contributed by atoms with Gasteiger partial charge in [-0.05, 0) is 42.7 Å². The predicted octanol–water partition coefficient (Wildman–Crippen LogP) is 3.76. The Kier molecular flexibility index (Phi) is 5.48. The maximum Gasteiger partial charge on any atom is 0.243 e. The number of rotatable bonds is 5. The van der Waals surface area contributed by atoms with Crippen LogP contribution >= 0.6 is 11.3 Å². The van der Waals surface area contributed by atoms with Crippen LogP contribution in [-0.4, -0.2) is 43.8 Å². The van der Waals surface area contributed by atoms with Crippen molar-refractivity contribution in [2.45, 2.75) is 24.2 Å². The van der Waals surface area contributed by atoms with Crippen LogP contribution < -0.4 is 10.1 Å². The molecule has 0 radical (unpaired) electrons. The fourth-order valence-electron chi connectivity index (χ4n) is 4.29. The third-order valence-electron chi connectivity index (χ3n) is 6.00. The smallest absolute Gasteiger partial charge is 0.243 e.